The van der Waals surface area contributed by atoms with Crippen LogP contribution in [0.15, 0.2) is 42.4 Å². The molecule has 1 amide bonds. The Kier molecular flexibility index (Phi) is 3.74. The van der Waals surface area contributed by atoms with E-state index in [0.717, 1.165) is 34.4 Å². The fraction of sp³-hybridized carbons (Fsp3) is 0.304. The van der Waals surface area contributed by atoms with E-state index < -0.39 is 0 Å². The zero-order chi connectivity index (χ0) is 19.4. The van der Waals surface area contributed by atoms with Crippen LogP contribution in [-0.4, -0.2) is 23.9 Å². The number of fused-ring (bicyclic) bond motifs is 4. The van der Waals surface area contributed by atoms with Gasteiger partial charge in [0.1, 0.15) is 5.70 Å². The maximum Gasteiger partial charge on any atom is 0.220 e. The van der Waals surface area contributed by atoms with E-state index >= 15 is 0 Å². The lowest BCUT2D eigenvalue weighted by Gasteiger charge is -2.24. The highest BCUT2D eigenvalue weighted by atomic mass is 16.1. The van der Waals surface area contributed by atoms with Gasteiger partial charge in [0.2, 0.25) is 5.91 Å². The molecule has 3 aliphatic rings. The largest absolute Gasteiger partial charge is 0.349 e. The summed E-state index contributed by atoms with van der Waals surface area (Å²) >= 11 is 0. The molecule has 1 aromatic heterocycles. The third-order valence-electron chi connectivity index (χ3n) is 6.22. The topological polar surface area (TPSA) is 62.3 Å². The van der Waals surface area contributed by atoms with E-state index in [9.17, 15) is 9.59 Å². The van der Waals surface area contributed by atoms with E-state index in [2.05, 4.69) is 22.4 Å². The van der Waals surface area contributed by atoms with Crippen LogP contribution in [0.4, 0.5) is 5.69 Å². The standard InChI is InChI=1S/C23H21N3O2/c1-3-21(28)25-23-17-9-16(17)22-18(10-24-11-19(22)23)13-5-7-20-14(8-13)4-6-15(12-27)26(20)2/h4-8,10-11,16-17,23H,3,9H2,1-2H3,(H,25,28)/t16-,17+,23+/m0/s1. The number of hydrogen-bond acceptors (Lipinski definition) is 4. The third-order valence-corrected chi connectivity index (χ3v) is 6.22. The van der Waals surface area contributed by atoms with E-state index in [1.54, 1.807) is 6.08 Å². The van der Waals surface area contributed by atoms with Gasteiger partial charge >= 0.3 is 0 Å². The Morgan fingerprint density at radius 3 is 2.96 bits per heavy atom. The maximum atomic E-state index is 12.0. The SMILES string of the molecule is CCC(=O)N[C@H]1c2cncc(-c3ccc4c(c3)C=CC(=C=O)N4C)c2[C@H]2C[C@H]21. The van der Waals surface area contributed by atoms with Gasteiger partial charge in [0.05, 0.1) is 6.04 Å². The Balaban J connectivity index is 1.56. The number of pyridine rings is 1. The minimum absolute atomic E-state index is 0.0869. The highest BCUT2D eigenvalue weighted by Gasteiger charge is 2.53. The molecule has 1 aromatic carbocycles. The Labute approximate surface area is 163 Å². The molecule has 5 nitrogen and oxygen atoms in total. The summed E-state index contributed by atoms with van der Waals surface area (Å²) in [6, 6.07) is 6.37. The van der Waals surface area contributed by atoms with Gasteiger partial charge in [-0.05, 0) is 58.7 Å². The van der Waals surface area contributed by atoms with Crippen molar-refractivity contribution in [2.45, 2.75) is 31.7 Å². The van der Waals surface area contributed by atoms with Crippen molar-refractivity contribution < 1.29 is 9.59 Å². The summed E-state index contributed by atoms with van der Waals surface area (Å²) in [5, 5.41) is 3.19. The predicted octanol–water partition coefficient (Wildman–Crippen LogP) is 3.61. The minimum atomic E-state index is 0.0869. The molecular weight excluding hydrogens is 350 g/mol. The number of nitrogens with zero attached hydrogens (tertiary/aromatic N) is 2. The lowest BCUT2D eigenvalue weighted by Crippen LogP contribution is -2.28. The molecule has 1 N–H and O–H groups in total. The van der Waals surface area contributed by atoms with Crippen LogP contribution in [0.1, 0.15) is 48.4 Å². The van der Waals surface area contributed by atoms with Crippen molar-refractivity contribution in [1.29, 1.82) is 0 Å². The molecule has 2 heterocycles. The van der Waals surface area contributed by atoms with Gasteiger partial charge in [-0.1, -0.05) is 19.1 Å². The monoisotopic (exact) mass is 371 g/mol. The molecular formula is C23H21N3O2. The highest BCUT2D eigenvalue weighted by molar-refractivity contribution is 5.85. The van der Waals surface area contributed by atoms with Gasteiger partial charge in [-0.25, -0.2) is 4.79 Å². The molecule has 28 heavy (non-hydrogen) atoms. The predicted molar refractivity (Wildman–Crippen MR) is 108 cm³/mol. The fourth-order valence-electron chi connectivity index (χ4n) is 4.66. The van der Waals surface area contributed by atoms with Gasteiger partial charge in [0, 0.05) is 37.1 Å². The average Bonchev–Trinajstić information content (AvgIpc) is 3.45. The third kappa shape index (κ3) is 2.44. The Bertz CT molecular complexity index is 1080. The van der Waals surface area contributed by atoms with E-state index in [1.807, 2.05) is 49.3 Å². The van der Waals surface area contributed by atoms with E-state index in [0.29, 0.717) is 24.0 Å². The van der Waals surface area contributed by atoms with Gasteiger partial charge in [-0.2, -0.15) is 0 Å². The van der Waals surface area contributed by atoms with Crippen LogP contribution in [0.2, 0.25) is 0 Å². The van der Waals surface area contributed by atoms with E-state index in [-0.39, 0.29) is 11.9 Å². The second-order valence-electron chi connectivity index (χ2n) is 7.75. The number of amides is 1. The van der Waals surface area contributed by atoms with E-state index in [1.165, 1.54) is 5.56 Å². The molecule has 5 heteroatoms. The number of aromatic nitrogens is 1. The van der Waals surface area contributed by atoms with Crippen molar-refractivity contribution >= 4 is 23.6 Å². The van der Waals surface area contributed by atoms with Gasteiger partial charge < -0.3 is 10.2 Å². The molecule has 0 radical (unpaired) electrons. The van der Waals surface area contributed by atoms with Crippen molar-refractivity contribution in [3.8, 4) is 11.1 Å². The fourth-order valence-corrected chi connectivity index (χ4v) is 4.66. The zero-order valence-corrected chi connectivity index (χ0v) is 15.9. The van der Waals surface area contributed by atoms with Crippen molar-refractivity contribution in [3.63, 3.8) is 0 Å². The number of rotatable bonds is 3. The number of hydrogen-bond donors (Lipinski definition) is 1. The summed E-state index contributed by atoms with van der Waals surface area (Å²) in [4.78, 5) is 29.4. The van der Waals surface area contributed by atoms with Crippen molar-refractivity contribution in [2.75, 3.05) is 11.9 Å². The first kappa shape index (κ1) is 17.0. The van der Waals surface area contributed by atoms with Crippen LogP contribution >= 0.6 is 0 Å². The molecule has 0 saturated heterocycles. The number of carbonyl (C=O) groups is 1. The smallest absolute Gasteiger partial charge is 0.220 e. The van der Waals surface area contributed by atoms with E-state index in [4.69, 9.17) is 0 Å². The Hall–Kier alpha value is -3.17. The lowest BCUT2D eigenvalue weighted by molar-refractivity contribution is -0.121. The maximum absolute atomic E-state index is 12.0. The average molecular weight is 371 g/mol. The summed E-state index contributed by atoms with van der Waals surface area (Å²) in [7, 11) is 1.87. The van der Waals surface area contributed by atoms with Gasteiger partial charge in [-0.3, -0.25) is 9.78 Å². The van der Waals surface area contributed by atoms with Gasteiger partial charge in [-0.15, -0.1) is 0 Å². The van der Waals surface area contributed by atoms with Crippen LogP contribution in [-0.2, 0) is 9.59 Å². The van der Waals surface area contributed by atoms with Gasteiger partial charge in [0.25, 0.3) is 0 Å². The zero-order valence-electron chi connectivity index (χ0n) is 15.9. The summed E-state index contributed by atoms with van der Waals surface area (Å²) in [6.45, 7) is 1.88. The molecule has 2 aromatic rings. The van der Waals surface area contributed by atoms with Crippen molar-refractivity contribution in [2.24, 2.45) is 5.92 Å². The van der Waals surface area contributed by atoms with Crippen LogP contribution in [0.3, 0.4) is 0 Å². The molecule has 3 atom stereocenters. The second kappa shape index (κ2) is 6.18. The number of likely N-dealkylation sites (N-methyl/N-ethyl adjacent to an activating group) is 1. The van der Waals surface area contributed by atoms with Crippen molar-refractivity contribution in [3.05, 3.63) is 59.1 Å². The number of nitrogens with one attached hydrogen (secondary N) is 1. The quantitative estimate of drug-likeness (QED) is 0.838. The number of benzene rings is 1. The summed E-state index contributed by atoms with van der Waals surface area (Å²) in [6.07, 6.45) is 9.23. The van der Waals surface area contributed by atoms with Crippen LogP contribution in [0, 0.1) is 5.92 Å². The molecule has 0 unspecified atom stereocenters. The first-order chi connectivity index (χ1) is 13.6. The first-order valence-corrected chi connectivity index (χ1v) is 9.70. The molecule has 1 fully saturated rings. The normalized spacial score (nSPS) is 23.6. The van der Waals surface area contributed by atoms with Gasteiger partial charge in [0.15, 0.2) is 5.94 Å². The summed E-state index contributed by atoms with van der Waals surface area (Å²) in [5.74, 6) is 3.07. The van der Waals surface area contributed by atoms with Crippen molar-refractivity contribution in [1.82, 2.24) is 10.3 Å². The van der Waals surface area contributed by atoms with Crippen LogP contribution < -0.4 is 10.2 Å². The molecule has 0 bridgehead atoms. The number of anilines is 1. The summed E-state index contributed by atoms with van der Waals surface area (Å²) < 4.78 is 0. The second-order valence-corrected chi connectivity index (χ2v) is 7.75. The first-order valence-electron chi connectivity index (χ1n) is 9.70. The molecule has 140 valence electrons. The molecule has 1 aliphatic heterocycles. The van der Waals surface area contributed by atoms with Crippen LogP contribution in [0.25, 0.3) is 17.2 Å². The number of carbonyl (C=O) groups excluding carboxylic acids is 2. The Morgan fingerprint density at radius 1 is 1.32 bits per heavy atom. The molecule has 5 rings (SSSR count). The summed E-state index contributed by atoms with van der Waals surface area (Å²) in [5.41, 5.74) is 7.35. The number of allylic oxidation sites excluding steroid dienone is 1. The molecule has 2 aliphatic carbocycles. The molecule has 1 saturated carbocycles. The molecule has 0 spiro atoms. The minimum Gasteiger partial charge on any atom is -0.349 e. The lowest BCUT2D eigenvalue weighted by atomic mass is 9.93. The Morgan fingerprint density at radius 2 is 2.18 bits per heavy atom. The highest BCUT2D eigenvalue weighted by Crippen LogP contribution is 2.63. The van der Waals surface area contributed by atoms with Crippen LogP contribution in [0.5, 0.6) is 0 Å².